The van der Waals surface area contributed by atoms with E-state index in [2.05, 4.69) is 15.1 Å². The summed E-state index contributed by atoms with van der Waals surface area (Å²) in [4.78, 5) is 10.8. The third-order valence-corrected chi connectivity index (χ3v) is 3.99. The van der Waals surface area contributed by atoms with Crippen molar-refractivity contribution in [2.75, 3.05) is 18.0 Å². The molecule has 3 aromatic rings. The van der Waals surface area contributed by atoms with Crippen LogP contribution < -0.4 is 4.90 Å². The summed E-state index contributed by atoms with van der Waals surface area (Å²) in [6.45, 7) is 1.24. The average molecular weight is 326 g/mol. The van der Waals surface area contributed by atoms with Crippen LogP contribution in [0.25, 0.3) is 22.8 Å². The molecule has 1 aromatic carbocycles. The second-order valence-electron chi connectivity index (χ2n) is 5.70. The van der Waals surface area contributed by atoms with Gasteiger partial charge in [0.05, 0.1) is 11.7 Å². The van der Waals surface area contributed by atoms with Crippen LogP contribution in [0.5, 0.6) is 0 Å². The van der Waals surface area contributed by atoms with E-state index in [1.807, 2.05) is 11.0 Å². The molecule has 2 aromatic heterocycles. The lowest BCUT2D eigenvalue weighted by Crippen LogP contribution is -2.22. The van der Waals surface area contributed by atoms with Gasteiger partial charge in [-0.3, -0.25) is 0 Å². The smallest absolute Gasteiger partial charge is 0.261 e. The number of pyridine rings is 1. The van der Waals surface area contributed by atoms with Crippen LogP contribution in [0.4, 0.5) is 10.2 Å². The van der Waals surface area contributed by atoms with E-state index in [-0.39, 0.29) is 11.9 Å². The van der Waals surface area contributed by atoms with E-state index < -0.39 is 0 Å². The SMILES string of the molecule is OC1CCN(c2ncccc2-c2nc(-c3cccc(F)c3)no2)C1. The molecule has 1 aliphatic heterocycles. The Balaban J connectivity index is 1.70. The number of nitrogens with zero attached hydrogens (tertiary/aromatic N) is 4. The lowest BCUT2D eigenvalue weighted by Gasteiger charge is -2.18. The van der Waals surface area contributed by atoms with Gasteiger partial charge < -0.3 is 14.5 Å². The minimum Gasteiger partial charge on any atom is -0.391 e. The number of aliphatic hydroxyl groups excluding tert-OH is 1. The molecule has 1 saturated heterocycles. The van der Waals surface area contributed by atoms with Gasteiger partial charge in [0.25, 0.3) is 5.89 Å². The quantitative estimate of drug-likeness (QED) is 0.797. The second kappa shape index (κ2) is 6.01. The molecule has 0 radical (unpaired) electrons. The van der Waals surface area contributed by atoms with E-state index in [0.29, 0.717) is 41.6 Å². The Bertz CT molecular complexity index is 867. The summed E-state index contributed by atoms with van der Waals surface area (Å²) < 4.78 is 18.7. The van der Waals surface area contributed by atoms with Gasteiger partial charge in [-0.1, -0.05) is 17.3 Å². The highest BCUT2D eigenvalue weighted by molar-refractivity contribution is 5.71. The predicted molar refractivity (Wildman–Crippen MR) is 85.8 cm³/mol. The number of aliphatic hydroxyl groups is 1. The molecular formula is C17H15FN4O2. The molecule has 3 heterocycles. The van der Waals surface area contributed by atoms with Crippen LogP contribution in [-0.2, 0) is 0 Å². The third kappa shape index (κ3) is 2.74. The molecular weight excluding hydrogens is 311 g/mol. The molecule has 1 unspecified atom stereocenters. The largest absolute Gasteiger partial charge is 0.391 e. The molecule has 0 aliphatic carbocycles. The van der Waals surface area contributed by atoms with Gasteiger partial charge in [-0.2, -0.15) is 4.98 Å². The zero-order valence-corrected chi connectivity index (χ0v) is 12.8. The lowest BCUT2D eigenvalue weighted by atomic mass is 10.2. The van der Waals surface area contributed by atoms with Gasteiger partial charge in [0.2, 0.25) is 5.82 Å². The van der Waals surface area contributed by atoms with Crippen LogP contribution in [-0.4, -0.2) is 39.4 Å². The molecule has 1 fully saturated rings. The summed E-state index contributed by atoms with van der Waals surface area (Å²) in [5.74, 6) is 0.981. The fourth-order valence-electron chi connectivity index (χ4n) is 2.83. The molecule has 0 saturated carbocycles. The van der Waals surface area contributed by atoms with Crippen molar-refractivity contribution in [3.63, 3.8) is 0 Å². The lowest BCUT2D eigenvalue weighted by molar-refractivity contribution is 0.198. The summed E-state index contributed by atoms with van der Waals surface area (Å²) in [6.07, 6.45) is 2.03. The maximum absolute atomic E-state index is 13.4. The topological polar surface area (TPSA) is 75.3 Å². The molecule has 7 heteroatoms. The second-order valence-corrected chi connectivity index (χ2v) is 5.70. The van der Waals surface area contributed by atoms with Gasteiger partial charge in [-0.25, -0.2) is 9.37 Å². The normalized spacial score (nSPS) is 17.4. The molecule has 122 valence electrons. The van der Waals surface area contributed by atoms with Crippen molar-refractivity contribution >= 4 is 5.82 Å². The molecule has 0 spiro atoms. The van der Waals surface area contributed by atoms with Gasteiger partial charge in [0.1, 0.15) is 11.6 Å². The van der Waals surface area contributed by atoms with Crippen molar-refractivity contribution < 1.29 is 14.0 Å². The zero-order valence-electron chi connectivity index (χ0n) is 12.8. The Kier molecular flexibility index (Phi) is 3.70. The number of aromatic nitrogens is 3. The Morgan fingerprint density at radius 3 is 2.96 bits per heavy atom. The minimum atomic E-state index is -0.356. The Labute approximate surface area is 137 Å². The first-order chi connectivity index (χ1) is 11.7. The van der Waals surface area contributed by atoms with E-state index in [1.165, 1.54) is 12.1 Å². The number of hydrogen-bond acceptors (Lipinski definition) is 6. The summed E-state index contributed by atoms with van der Waals surface area (Å²) >= 11 is 0. The van der Waals surface area contributed by atoms with E-state index in [1.54, 1.807) is 24.4 Å². The van der Waals surface area contributed by atoms with Crippen LogP contribution >= 0.6 is 0 Å². The zero-order chi connectivity index (χ0) is 16.5. The monoisotopic (exact) mass is 326 g/mol. The molecule has 0 amide bonds. The van der Waals surface area contributed by atoms with Crippen molar-refractivity contribution in [3.8, 4) is 22.8 Å². The maximum Gasteiger partial charge on any atom is 0.261 e. The Hall–Kier alpha value is -2.80. The first-order valence-corrected chi connectivity index (χ1v) is 7.69. The molecule has 24 heavy (non-hydrogen) atoms. The molecule has 0 bridgehead atoms. The summed E-state index contributed by atoms with van der Waals surface area (Å²) in [7, 11) is 0. The van der Waals surface area contributed by atoms with Crippen LogP contribution in [0.2, 0.25) is 0 Å². The van der Waals surface area contributed by atoms with Crippen molar-refractivity contribution in [1.29, 1.82) is 0 Å². The molecule has 1 N–H and O–H groups in total. The number of anilines is 1. The first kappa shape index (κ1) is 14.8. The van der Waals surface area contributed by atoms with Crippen LogP contribution in [0.1, 0.15) is 6.42 Å². The number of β-amino-alcohol motifs (C(OH)–C–C–N with tert-alkyl or cyclic N) is 1. The predicted octanol–water partition coefficient (Wildman–Crippen LogP) is 2.51. The van der Waals surface area contributed by atoms with Crippen molar-refractivity contribution in [2.24, 2.45) is 0 Å². The third-order valence-electron chi connectivity index (χ3n) is 3.99. The fraction of sp³-hybridized carbons (Fsp3) is 0.235. The van der Waals surface area contributed by atoms with Crippen molar-refractivity contribution in [3.05, 3.63) is 48.4 Å². The van der Waals surface area contributed by atoms with Gasteiger partial charge >= 0.3 is 0 Å². The van der Waals surface area contributed by atoms with Crippen molar-refractivity contribution in [2.45, 2.75) is 12.5 Å². The number of benzene rings is 1. The first-order valence-electron chi connectivity index (χ1n) is 7.69. The van der Waals surface area contributed by atoms with Crippen LogP contribution in [0, 0.1) is 5.82 Å². The van der Waals surface area contributed by atoms with Gasteiger partial charge in [0, 0.05) is 24.8 Å². The van der Waals surface area contributed by atoms with E-state index >= 15 is 0 Å². The Morgan fingerprint density at radius 2 is 2.17 bits per heavy atom. The van der Waals surface area contributed by atoms with E-state index in [0.717, 1.165) is 6.54 Å². The molecule has 4 rings (SSSR count). The standard InChI is InChI=1S/C17H15FN4O2/c18-12-4-1-3-11(9-12)15-20-17(24-21-15)14-5-2-7-19-16(14)22-8-6-13(23)10-22/h1-5,7,9,13,23H,6,8,10H2. The van der Waals surface area contributed by atoms with Crippen LogP contribution in [0.3, 0.4) is 0 Å². The molecule has 1 aliphatic rings. The summed E-state index contributed by atoms with van der Waals surface area (Å²) in [6, 6.07) is 9.67. The molecule has 6 nitrogen and oxygen atoms in total. The number of rotatable bonds is 3. The van der Waals surface area contributed by atoms with Gasteiger partial charge in [-0.15, -0.1) is 0 Å². The van der Waals surface area contributed by atoms with Crippen LogP contribution in [0.15, 0.2) is 47.1 Å². The minimum absolute atomic E-state index is 0.318. The average Bonchev–Trinajstić information content (AvgIpc) is 3.24. The fourth-order valence-corrected chi connectivity index (χ4v) is 2.83. The number of halogens is 1. The highest BCUT2D eigenvalue weighted by Gasteiger charge is 2.25. The highest BCUT2D eigenvalue weighted by atomic mass is 19.1. The summed E-state index contributed by atoms with van der Waals surface area (Å²) in [5.41, 5.74) is 1.24. The van der Waals surface area contributed by atoms with Gasteiger partial charge in [0.15, 0.2) is 0 Å². The van der Waals surface area contributed by atoms with Crippen molar-refractivity contribution in [1.82, 2.24) is 15.1 Å². The summed E-state index contributed by atoms with van der Waals surface area (Å²) in [5, 5.41) is 13.7. The Morgan fingerprint density at radius 1 is 1.25 bits per heavy atom. The van der Waals surface area contributed by atoms with E-state index in [4.69, 9.17) is 4.52 Å². The highest BCUT2D eigenvalue weighted by Crippen LogP contribution is 2.31. The number of hydrogen-bond donors (Lipinski definition) is 1. The van der Waals surface area contributed by atoms with Gasteiger partial charge in [-0.05, 0) is 30.7 Å². The molecule has 1 atom stereocenters. The maximum atomic E-state index is 13.4. The van der Waals surface area contributed by atoms with E-state index in [9.17, 15) is 9.50 Å².